The van der Waals surface area contributed by atoms with E-state index in [2.05, 4.69) is 0 Å². The molecule has 0 aliphatic carbocycles. The van der Waals surface area contributed by atoms with Gasteiger partial charge in [-0.25, -0.2) is 0 Å². The highest BCUT2D eigenvalue weighted by molar-refractivity contribution is 5.80. The number of benzene rings is 6. The van der Waals surface area contributed by atoms with Gasteiger partial charge < -0.3 is 18.9 Å². The monoisotopic (exact) mass is 648 g/mol. The minimum atomic E-state index is -0.615. The summed E-state index contributed by atoms with van der Waals surface area (Å²) in [5.74, 6) is 0.981. The fraction of sp³-hybridized carbons (Fsp3) is 0.159. The zero-order chi connectivity index (χ0) is 33.7. The van der Waals surface area contributed by atoms with Crippen molar-refractivity contribution in [2.24, 2.45) is 0 Å². The van der Waals surface area contributed by atoms with Crippen molar-refractivity contribution in [1.82, 2.24) is 0 Å². The van der Waals surface area contributed by atoms with E-state index in [-0.39, 0.29) is 18.5 Å². The third-order valence-corrected chi connectivity index (χ3v) is 8.34. The molecule has 6 aromatic carbocycles. The standard InChI is InChI=1S/C44H40O5/c1-2-46-44(45)43(38-22-28-41(29-23-38)49-32-35-16-10-5-11-17-35)42(36-18-24-39(25-19-36)47-30-33-12-6-3-7-13-33)37-20-26-40(27-21-37)48-31-34-14-8-4-9-15-34/h3-29,42-43H,2,30-32H2,1H3. The highest BCUT2D eigenvalue weighted by atomic mass is 16.5. The number of hydrogen-bond donors (Lipinski definition) is 0. The molecule has 0 radical (unpaired) electrons. The van der Waals surface area contributed by atoms with Gasteiger partial charge in [0, 0.05) is 5.92 Å². The van der Waals surface area contributed by atoms with Crippen LogP contribution in [0.2, 0.25) is 0 Å². The molecule has 1 atom stereocenters. The van der Waals surface area contributed by atoms with E-state index in [1.807, 2.05) is 171 Å². The molecule has 246 valence electrons. The number of ether oxygens (including phenoxy) is 4. The maximum Gasteiger partial charge on any atom is 0.314 e. The van der Waals surface area contributed by atoms with Crippen LogP contribution in [0, 0.1) is 0 Å². The van der Waals surface area contributed by atoms with Gasteiger partial charge in [0.25, 0.3) is 0 Å². The van der Waals surface area contributed by atoms with Gasteiger partial charge in [0.2, 0.25) is 0 Å². The molecular weight excluding hydrogens is 608 g/mol. The van der Waals surface area contributed by atoms with Crippen LogP contribution in [0.5, 0.6) is 17.2 Å². The summed E-state index contributed by atoms with van der Waals surface area (Å²) < 4.78 is 24.0. The van der Waals surface area contributed by atoms with E-state index < -0.39 is 5.92 Å². The molecule has 0 fully saturated rings. The van der Waals surface area contributed by atoms with Crippen molar-refractivity contribution in [3.05, 3.63) is 197 Å². The minimum absolute atomic E-state index is 0.277. The third kappa shape index (κ3) is 9.17. The first-order valence-corrected chi connectivity index (χ1v) is 16.6. The van der Waals surface area contributed by atoms with E-state index >= 15 is 0 Å². The molecule has 0 amide bonds. The summed E-state index contributed by atoms with van der Waals surface area (Å²) in [4.78, 5) is 13.9. The van der Waals surface area contributed by atoms with Crippen LogP contribution in [0.4, 0.5) is 0 Å². The Morgan fingerprint density at radius 1 is 0.449 bits per heavy atom. The lowest BCUT2D eigenvalue weighted by Crippen LogP contribution is -2.24. The molecule has 0 N–H and O–H groups in total. The summed E-state index contributed by atoms with van der Waals surface area (Å²) in [5.41, 5.74) is 6.04. The lowest BCUT2D eigenvalue weighted by Gasteiger charge is -2.28. The highest BCUT2D eigenvalue weighted by Gasteiger charge is 2.34. The molecule has 0 spiro atoms. The Morgan fingerprint density at radius 2 is 0.776 bits per heavy atom. The van der Waals surface area contributed by atoms with Crippen molar-refractivity contribution < 1.29 is 23.7 Å². The molecule has 0 aliphatic heterocycles. The van der Waals surface area contributed by atoms with Gasteiger partial charge in [0.15, 0.2) is 0 Å². The Labute approximate surface area is 288 Å². The first kappa shape index (κ1) is 33.1. The molecule has 6 aromatic rings. The molecule has 49 heavy (non-hydrogen) atoms. The van der Waals surface area contributed by atoms with Crippen LogP contribution in [-0.4, -0.2) is 12.6 Å². The van der Waals surface area contributed by atoms with Crippen LogP contribution >= 0.6 is 0 Å². The van der Waals surface area contributed by atoms with E-state index in [1.165, 1.54) is 0 Å². The number of carbonyl (C=O) groups is 1. The number of esters is 1. The molecule has 0 bridgehead atoms. The van der Waals surface area contributed by atoms with Gasteiger partial charge in [-0.1, -0.05) is 127 Å². The van der Waals surface area contributed by atoms with Crippen LogP contribution < -0.4 is 14.2 Å². The van der Waals surface area contributed by atoms with Crippen molar-refractivity contribution in [2.45, 2.75) is 38.6 Å². The smallest absolute Gasteiger partial charge is 0.314 e. The maximum absolute atomic E-state index is 13.9. The normalized spacial score (nSPS) is 11.5. The van der Waals surface area contributed by atoms with Gasteiger partial charge in [0.05, 0.1) is 12.5 Å². The second kappa shape index (κ2) is 16.8. The van der Waals surface area contributed by atoms with Gasteiger partial charge in [-0.2, -0.15) is 0 Å². The van der Waals surface area contributed by atoms with Crippen LogP contribution in [-0.2, 0) is 29.4 Å². The summed E-state index contributed by atoms with van der Waals surface area (Å²) in [6.45, 7) is 3.51. The zero-order valence-electron chi connectivity index (χ0n) is 27.6. The summed E-state index contributed by atoms with van der Waals surface area (Å²) in [7, 11) is 0. The van der Waals surface area contributed by atoms with E-state index in [0.29, 0.717) is 19.8 Å². The lowest BCUT2D eigenvalue weighted by atomic mass is 9.77. The van der Waals surface area contributed by atoms with E-state index in [0.717, 1.165) is 50.6 Å². The Morgan fingerprint density at radius 3 is 1.10 bits per heavy atom. The molecule has 0 saturated carbocycles. The predicted octanol–water partition coefficient (Wildman–Crippen LogP) is 9.90. The molecule has 0 aliphatic rings. The summed E-state index contributed by atoms with van der Waals surface area (Å²) in [6.07, 6.45) is 0. The van der Waals surface area contributed by atoms with E-state index in [1.54, 1.807) is 0 Å². The van der Waals surface area contributed by atoms with Crippen molar-refractivity contribution in [1.29, 1.82) is 0 Å². The number of hydrogen-bond acceptors (Lipinski definition) is 5. The first-order valence-electron chi connectivity index (χ1n) is 16.6. The fourth-order valence-electron chi connectivity index (χ4n) is 5.81. The van der Waals surface area contributed by atoms with Crippen LogP contribution in [0.25, 0.3) is 0 Å². The zero-order valence-corrected chi connectivity index (χ0v) is 27.6. The van der Waals surface area contributed by atoms with Gasteiger partial charge in [-0.3, -0.25) is 4.79 Å². The average Bonchev–Trinajstić information content (AvgIpc) is 3.17. The Bertz CT molecular complexity index is 1770. The number of carbonyl (C=O) groups excluding carboxylic acids is 1. The topological polar surface area (TPSA) is 54.0 Å². The van der Waals surface area contributed by atoms with Crippen LogP contribution in [0.15, 0.2) is 164 Å². The number of rotatable bonds is 15. The Hall–Kier alpha value is -5.81. The predicted molar refractivity (Wildman–Crippen MR) is 193 cm³/mol. The molecule has 0 heterocycles. The molecule has 5 nitrogen and oxygen atoms in total. The molecule has 0 aromatic heterocycles. The molecular formula is C44H40O5. The third-order valence-electron chi connectivity index (χ3n) is 8.34. The lowest BCUT2D eigenvalue weighted by molar-refractivity contribution is -0.145. The van der Waals surface area contributed by atoms with Gasteiger partial charge in [-0.15, -0.1) is 0 Å². The van der Waals surface area contributed by atoms with E-state index in [4.69, 9.17) is 18.9 Å². The first-order chi connectivity index (χ1) is 24.2. The largest absolute Gasteiger partial charge is 0.489 e. The molecule has 0 saturated heterocycles. The van der Waals surface area contributed by atoms with Crippen molar-refractivity contribution >= 4 is 5.97 Å². The van der Waals surface area contributed by atoms with Crippen molar-refractivity contribution in [3.63, 3.8) is 0 Å². The molecule has 5 heteroatoms. The van der Waals surface area contributed by atoms with Gasteiger partial charge >= 0.3 is 5.97 Å². The maximum atomic E-state index is 13.9. The fourth-order valence-corrected chi connectivity index (χ4v) is 5.81. The van der Waals surface area contributed by atoms with Crippen molar-refractivity contribution in [3.8, 4) is 17.2 Å². The second-order valence-electron chi connectivity index (χ2n) is 11.7. The van der Waals surface area contributed by atoms with Crippen LogP contribution in [0.1, 0.15) is 52.1 Å². The SMILES string of the molecule is CCOC(=O)C(c1ccc(OCc2ccccc2)cc1)C(c1ccc(OCc2ccccc2)cc1)c1ccc(OCc2ccccc2)cc1. The average molecular weight is 649 g/mol. The summed E-state index contributed by atoms with van der Waals surface area (Å²) in [5, 5.41) is 0. The van der Waals surface area contributed by atoms with Gasteiger partial charge in [-0.05, 0) is 76.7 Å². The molecule has 1 unspecified atom stereocenters. The Balaban J connectivity index is 1.29. The van der Waals surface area contributed by atoms with Gasteiger partial charge in [0.1, 0.15) is 37.1 Å². The summed E-state index contributed by atoms with van der Waals surface area (Å²) >= 11 is 0. The van der Waals surface area contributed by atoms with Crippen molar-refractivity contribution in [2.75, 3.05) is 6.61 Å². The van der Waals surface area contributed by atoms with E-state index in [9.17, 15) is 4.79 Å². The Kier molecular flexibility index (Phi) is 11.4. The second-order valence-corrected chi connectivity index (χ2v) is 11.7. The van der Waals surface area contributed by atoms with Crippen LogP contribution in [0.3, 0.4) is 0 Å². The quantitative estimate of drug-likeness (QED) is 0.104. The minimum Gasteiger partial charge on any atom is -0.489 e. The summed E-state index contributed by atoms with van der Waals surface area (Å²) in [6, 6.07) is 54.0. The molecule has 6 rings (SSSR count). The highest BCUT2D eigenvalue weighted by Crippen LogP contribution is 2.41.